The van der Waals surface area contributed by atoms with Crippen LogP contribution in [0.15, 0.2) is 69.9 Å². The van der Waals surface area contributed by atoms with Gasteiger partial charge in [-0.25, -0.2) is 14.8 Å². The number of benzene rings is 2. The topological polar surface area (TPSA) is 130 Å². The molecule has 0 aliphatic carbocycles. The fourth-order valence-corrected chi connectivity index (χ4v) is 3.22. The van der Waals surface area contributed by atoms with Crippen LogP contribution in [0.5, 0.6) is 0 Å². The first-order valence-corrected chi connectivity index (χ1v) is 12.4. The highest BCUT2D eigenvalue weighted by molar-refractivity contribution is 9.10. The summed E-state index contributed by atoms with van der Waals surface area (Å²) < 4.78 is 1.23. The lowest BCUT2D eigenvalue weighted by molar-refractivity contribution is 0.0696. The van der Waals surface area contributed by atoms with Crippen molar-refractivity contribution in [2.75, 3.05) is 10.6 Å². The monoisotopic (exact) mass is 672 g/mol. The van der Waals surface area contributed by atoms with Crippen LogP contribution in [0.1, 0.15) is 20.7 Å². The molecule has 184 valence electrons. The molecule has 0 aliphatic heterocycles. The number of rotatable bonds is 6. The lowest BCUT2D eigenvalue weighted by Gasteiger charge is -2.05. The largest absolute Gasteiger partial charge is 0.478 e. The normalized spacial score (nSPS) is 10.1. The third-order valence-corrected chi connectivity index (χ3v) is 6.57. The quantitative estimate of drug-likeness (QED) is 0.142. The number of carboxylic acid groups (broad SMARTS) is 1. The molecule has 14 heteroatoms. The van der Waals surface area contributed by atoms with Crippen molar-refractivity contribution in [2.45, 2.75) is 0 Å². The first-order valence-electron chi connectivity index (χ1n) is 9.65. The van der Waals surface area contributed by atoms with Gasteiger partial charge in [0, 0.05) is 29.3 Å². The summed E-state index contributed by atoms with van der Waals surface area (Å²) in [6.07, 6.45) is 3.08. The second-order valence-corrected chi connectivity index (χ2v) is 9.42. The first-order chi connectivity index (χ1) is 17.1. The number of nitrogens with zero attached hydrogens (tertiary/aromatic N) is 4. The van der Waals surface area contributed by atoms with Gasteiger partial charge >= 0.3 is 5.97 Å². The summed E-state index contributed by atoms with van der Waals surface area (Å²) in [7, 11) is 0. The highest BCUT2D eigenvalue weighted by atomic mass is 79.9. The number of aromatic nitrogens is 4. The molecule has 0 bridgehead atoms. The highest BCUT2D eigenvalue weighted by Crippen LogP contribution is 2.23. The van der Waals surface area contributed by atoms with Crippen molar-refractivity contribution in [3.8, 4) is 0 Å². The Labute approximate surface area is 236 Å². The van der Waals surface area contributed by atoms with Crippen LogP contribution in [-0.4, -0.2) is 36.3 Å². The van der Waals surface area contributed by atoms with Gasteiger partial charge in [0.05, 0.1) is 14.5 Å². The van der Waals surface area contributed by atoms with E-state index in [-0.39, 0.29) is 5.56 Å². The molecule has 2 heterocycles. The maximum Gasteiger partial charge on any atom is 0.335 e. The number of halogens is 5. The Hall–Kier alpha value is -2.83. The van der Waals surface area contributed by atoms with Gasteiger partial charge in [0.2, 0.25) is 11.9 Å². The van der Waals surface area contributed by atoms with Gasteiger partial charge < -0.3 is 15.7 Å². The molecular formula is C22H13Br2Cl3N6O3. The van der Waals surface area contributed by atoms with Crippen molar-refractivity contribution in [1.82, 2.24) is 19.9 Å². The summed E-state index contributed by atoms with van der Waals surface area (Å²) in [4.78, 5) is 37.7. The van der Waals surface area contributed by atoms with Crippen LogP contribution < -0.4 is 10.6 Å². The van der Waals surface area contributed by atoms with Crippen molar-refractivity contribution in [2.24, 2.45) is 0 Å². The van der Waals surface area contributed by atoms with E-state index in [2.05, 4.69) is 62.4 Å². The average Bonchev–Trinajstić information content (AvgIpc) is 2.85. The molecule has 2 aromatic heterocycles. The van der Waals surface area contributed by atoms with E-state index in [1.165, 1.54) is 18.3 Å². The predicted molar refractivity (Wildman–Crippen MR) is 146 cm³/mol. The lowest BCUT2D eigenvalue weighted by atomic mass is 10.2. The van der Waals surface area contributed by atoms with Crippen molar-refractivity contribution in [1.29, 1.82) is 0 Å². The highest BCUT2D eigenvalue weighted by Gasteiger charge is 2.06. The van der Waals surface area contributed by atoms with Gasteiger partial charge in [-0.3, -0.25) is 4.79 Å². The van der Waals surface area contributed by atoms with E-state index in [1.54, 1.807) is 42.6 Å². The minimum absolute atomic E-state index is 0.218. The number of nitrogens with one attached hydrogen (secondary N) is 2. The van der Waals surface area contributed by atoms with Gasteiger partial charge in [0.1, 0.15) is 10.3 Å². The van der Waals surface area contributed by atoms with Crippen LogP contribution in [0.2, 0.25) is 10.3 Å². The molecule has 0 amide bonds. The summed E-state index contributed by atoms with van der Waals surface area (Å²) >= 11 is 23.4. The van der Waals surface area contributed by atoms with E-state index in [1.807, 2.05) is 0 Å². The molecule has 2 aromatic carbocycles. The van der Waals surface area contributed by atoms with Crippen molar-refractivity contribution in [3.05, 3.63) is 91.3 Å². The van der Waals surface area contributed by atoms with Gasteiger partial charge in [0.25, 0.3) is 5.24 Å². The number of aromatic carboxylic acids is 1. The Morgan fingerprint density at radius 3 is 1.44 bits per heavy atom. The third kappa shape index (κ3) is 8.10. The van der Waals surface area contributed by atoms with Crippen LogP contribution in [0.4, 0.5) is 23.3 Å². The zero-order valence-electron chi connectivity index (χ0n) is 17.7. The van der Waals surface area contributed by atoms with E-state index in [9.17, 15) is 9.59 Å². The summed E-state index contributed by atoms with van der Waals surface area (Å²) in [5.41, 5.74) is 2.06. The summed E-state index contributed by atoms with van der Waals surface area (Å²) in [6, 6.07) is 12.9. The predicted octanol–water partition coefficient (Wildman–Crippen LogP) is 7.35. The molecule has 0 fully saturated rings. The lowest BCUT2D eigenvalue weighted by Crippen LogP contribution is -1.99. The molecule has 0 saturated carbocycles. The first kappa shape index (κ1) is 27.8. The molecule has 36 heavy (non-hydrogen) atoms. The van der Waals surface area contributed by atoms with Crippen LogP contribution in [0, 0.1) is 0 Å². The van der Waals surface area contributed by atoms with E-state index in [4.69, 9.17) is 39.9 Å². The summed E-state index contributed by atoms with van der Waals surface area (Å²) in [5, 5.41) is 14.8. The maximum absolute atomic E-state index is 10.9. The van der Waals surface area contributed by atoms with Crippen LogP contribution in [-0.2, 0) is 0 Å². The number of anilines is 4. The van der Waals surface area contributed by atoms with Crippen LogP contribution >= 0.6 is 66.7 Å². The Kier molecular flexibility index (Phi) is 9.97. The molecule has 3 N–H and O–H groups in total. The fraction of sp³-hybridized carbons (Fsp3) is 0. The molecule has 9 nitrogen and oxygen atoms in total. The van der Waals surface area contributed by atoms with E-state index >= 15 is 0 Å². The standard InChI is InChI=1S/C11H6BrCl2N3O.C11H7BrClN3O2/c12-8-5-15-11(17-9(8)13)16-7-3-1-6(2-4-7)10(14)18;12-8-5-14-11(16-9(8)13)15-7-3-1-6(2-4-7)10(17)18/h1-5H,(H,15,16,17);1-5H,(H,17,18)(H,14,15,16). The Morgan fingerprint density at radius 1 is 0.722 bits per heavy atom. The molecule has 0 unspecified atom stereocenters. The molecule has 0 radical (unpaired) electrons. The second-order valence-electron chi connectivity index (χ2n) is 6.65. The second kappa shape index (κ2) is 12.9. The third-order valence-electron chi connectivity index (χ3n) is 4.16. The number of carbonyl (C=O) groups excluding carboxylic acids is 1. The minimum atomic E-state index is -0.968. The molecule has 0 aliphatic rings. The number of carboxylic acids is 1. The Morgan fingerprint density at radius 2 is 1.11 bits per heavy atom. The number of hydrogen-bond donors (Lipinski definition) is 3. The summed E-state index contributed by atoms with van der Waals surface area (Å²) in [6.45, 7) is 0. The van der Waals surface area contributed by atoms with Crippen molar-refractivity contribution in [3.63, 3.8) is 0 Å². The number of hydrogen-bond acceptors (Lipinski definition) is 8. The van der Waals surface area contributed by atoms with Crippen LogP contribution in [0.25, 0.3) is 0 Å². The smallest absolute Gasteiger partial charge is 0.335 e. The maximum atomic E-state index is 10.9. The molecule has 0 saturated heterocycles. The zero-order valence-corrected chi connectivity index (χ0v) is 23.2. The molecule has 4 rings (SSSR count). The fourth-order valence-electron chi connectivity index (χ4n) is 2.45. The average molecular weight is 676 g/mol. The minimum Gasteiger partial charge on any atom is -0.478 e. The van der Waals surface area contributed by atoms with Gasteiger partial charge in [-0.05, 0) is 92.0 Å². The molecule has 0 atom stereocenters. The molecule has 4 aromatic rings. The van der Waals surface area contributed by atoms with E-state index in [0.717, 1.165) is 5.69 Å². The van der Waals surface area contributed by atoms with Gasteiger partial charge in [-0.1, -0.05) is 23.2 Å². The van der Waals surface area contributed by atoms with Gasteiger partial charge in [-0.2, -0.15) is 9.97 Å². The van der Waals surface area contributed by atoms with Gasteiger partial charge in [-0.15, -0.1) is 0 Å². The van der Waals surface area contributed by atoms with Gasteiger partial charge in [0.15, 0.2) is 0 Å². The van der Waals surface area contributed by atoms with E-state index in [0.29, 0.717) is 42.4 Å². The Balaban J connectivity index is 0.000000201. The van der Waals surface area contributed by atoms with E-state index < -0.39 is 11.2 Å². The zero-order chi connectivity index (χ0) is 26.2. The van der Waals surface area contributed by atoms with Crippen molar-refractivity contribution < 1.29 is 14.7 Å². The van der Waals surface area contributed by atoms with Crippen LogP contribution in [0.3, 0.4) is 0 Å². The SMILES string of the molecule is O=C(Cl)c1ccc(Nc2ncc(Br)c(Cl)n2)cc1.O=C(O)c1ccc(Nc2ncc(Br)c(Cl)n2)cc1. The Bertz CT molecular complexity index is 1290. The number of carbonyl (C=O) groups is 2. The molecular weight excluding hydrogens is 662 g/mol. The molecule has 0 spiro atoms. The van der Waals surface area contributed by atoms with Crippen molar-refractivity contribution >= 4 is 101 Å². The summed E-state index contributed by atoms with van der Waals surface area (Å²) in [5.74, 6) is -0.260.